The monoisotopic (exact) mass is 467 g/mol. The summed E-state index contributed by atoms with van der Waals surface area (Å²) >= 11 is 18.5. The highest BCUT2D eigenvalue weighted by Gasteiger charge is 2.25. The molecule has 0 saturated heterocycles. The Labute approximate surface area is 189 Å². The van der Waals surface area contributed by atoms with Gasteiger partial charge in [0.05, 0.1) is 21.4 Å². The van der Waals surface area contributed by atoms with Crippen molar-refractivity contribution in [3.63, 3.8) is 0 Å². The second kappa shape index (κ2) is 9.69. The summed E-state index contributed by atoms with van der Waals surface area (Å²) in [5.41, 5.74) is 7.50. The number of nitrogens with one attached hydrogen (secondary N) is 1. The molecule has 1 aliphatic heterocycles. The van der Waals surface area contributed by atoms with E-state index in [1.165, 1.54) is 18.2 Å². The molecule has 158 valence electrons. The fourth-order valence-electron chi connectivity index (χ4n) is 3.42. The standard InChI is InChI=1S/C21H20Cl3N3O3/c22-14-9-12-3-2-8-27(20(12)16(24)11-14)19(29)5-1-4-18(28)26-17-7-6-13(21(25)30)10-15(17)23/h6-7,9-11H,1-5,8H2,(H2,25,30)(H,26,28). The first kappa shape index (κ1) is 22.4. The highest BCUT2D eigenvalue weighted by Crippen LogP contribution is 2.37. The van der Waals surface area contributed by atoms with Gasteiger partial charge in [-0.05, 0) is 55.2 Å². The summed E-state index contributed by atoms with van der Waals surface area (Å²) in [5, 5.41) is 3.90. The lowest BCUT2D eigenvalue weighted by molar-refractivity contribution is -0.119. The largest absolute Gasteiger partial charge is 0.366 e. The van der Waals surface area contributed by atoms with E-state index < -0.39 is 5.91 Å². The Balaban J connectivity index is 1.56. The van der Waals surface area contributed by atoms with Crippen LogP contribution in [0.5, 0.6) is 0 Å². The number of nitrogens with two attached hydrogens (primary N) is 1. The number of anilines is 2. The predicted octanol–water partition coefficient (Wildman–Crippen LogP) is 4.83. The maximum atomic E-state index is 12.7. The van der Waals surface area contributed by atoms with Crippen LogP contribution in [0.1, 0.15) is 41.6 Å². The van der Waals surface area contributed by atoms with Gasteiger partial charge in [-0.2, -0.15) is 0 Å². The maximum Gasteiger partial charge on any atom is 0.248 e. The quantitative estimate of drug-likeness (QED) is 0.635. The Morgan fingerprint density at radius 2 is 1.80 bits per heavy atom. The number of nitrogens with zero attached hydrogens (tertiary/aromatic N) is 1. The second-order valence-electron chi connectivity index (χ2n) is 7.00. The zero-order valence-electron chi connectivity index (χ0n) is 16.0. The molecular formula is C21H20Cl3N3O3. The minimum atomic E-state index is -0.602. The van der Waals surface area contributed by atoms with Gasteiger partial charge in [-0.25, -0.2) is 0 Å². The number of hydrogen-bond donors (Lipinski definition) is 2. The van der Waals surface area contributed by atoms with Crippen molar-refractivity contribution in [3.8, 4) is 0 Å². The highest BCUT2D eigenvalue weighted by atomic mass is 35.5. The average molecular weight is 469 g/mol. The average Bonchev–Trinajstić information content (AvgIpc) is 2.68. The number of carbonyl (C=O) groups excluding carboxylic acids is 3. The molecule has 0 atom stereocenters. The third kappa shape index (κ3) is 5.25. The van der Waals surface area contributed by atoms with E-state index in [0.29, 0.717) is 34.4 Å². The molecule has 0 radical (unpaired) electrons. The lowest BCUT2D eigenvalue weighted by Crippen LogP contribution is -2.35. The molecule has 6 nitrogen and oxygen atoms in total. The van der Waals surface area contributed by atoms with Crippen LogP contribution in [0.4, 0.5) is 11.4 Å². The molecule has 0 saturated carbocycles. The lowest BCUT2D eigenvalue weighted by Gasteiger charge is -2.30. The van der Waals surface area contributed by atoms with Crippen molar-refractivity contribution in [1.82, 2.24) is 0 Å². The maximum absolute atomic E-state index is 12.7. The summed E-state index contributed by atoms with van der Waals surface area (Å²) < 4.78 is 0. The molecule has 1 heterocycles. The summed E-state index contributed by atoms with van der Waals surface area (Å²) in [6, 6.07) is 7.87. The van der Waals surface area contributed by atoms with E-state index in [0.717, 1.165) is 18.4 Å². The summed E-state index contributed by atoms with van der Waals surface area (Å²) in [6.07, 6.45) is 2.38. The number of benzene rings is 2. The summed E-state index contributed by atoms with van der Waals surface area (Å²) in [4.78, 5) is 37.8. The number of hydrogen-bond acceptors (Lipinski definition) is 3. The SMILES string of the molecule is NC(=O)c1ccc(NC(=O)CCCC(=O)N2CCCc3cc(Cl)cc(Cl)c32)c(Cl)c1. The Morgan fingerprint density at radius 1 is 1.03 bits per heavy atom. The summed E-state index contributed by atoms with van der Waals surface area (Å²) in [6.45, 7) is 0.585. The van der Waals surface area contributed by atoms with Gasteiger partial charge < -0.3 is 16.0 Å². The number of aryl methyl sites for hydroxylation is 1. The molecule has 0 aliphatic carbocycles. The van der Waals surface area contributed by atoms with E-state index in [1.54, 1.807) is 11.0 Å². The molecule has 30 heavy (non-hydrogen) atoms. The van der Waals surface area contributed by atoms with Crippen LogP contribution in [-0.4, -0.2) is 24.3 Å². The number of amides is 3. The van der Waals surface area contributed by atoms with Crippen molar-refractivity contribution in [2.24, 2.45) is 5.73 Å². The van der Waals surface area contributed by atoms with Crippen LogP contribution in [0.25, 0.3) is 0 Å². The van der Waals surface area contributed by atoms with E-state index in [-0.39, 0.29) is 35.2 Å². The molecule has 3 rings (SSSR count). The number of primary amides is 1. The van der Waals surface area contributed by atoms with Gasteiger partial charge in [-0.1, -0.05) is 34.8 Å². The van der Waals surface area contributed by atoms with Gasteiger partial charge >= 0.3 is 0 Å². The first-order valence-electron chi connectivity index (χ1n) is 9.43. The van der Waals surface area contributed by atoms with Crippen LogP contribution < -0.4 is 16.0 Å². The molecule has 9 heteroatoms. The number of rotatable bonds is 6. The summed E-state index contributed by atoms with van der Waals surface area (Å²) in [7, 11) is 0. The molecule has 0 aromatic heterocycles. The number of halogens is 3. The molecule has 0 fully saturated rings. The van der Waals surface area contributed by atoms with Crippen LogP contribution in [0.2, 0.25) is 15.1 Å². The van der Waals surface area contributed by atoms with Crippen LogP contribution in [0, 0.1) is 0 Å². The second-order valence-corrected chi connectivity index (χ2v) is 8.26. The van der Waals surface area contributed by atoms with E-state index in [9.17, 15) is 14.4 Å². The zero-order chi connectivity index (χ0) is 21.8. The third-order valence-electron chi connectivity index (χ3n) is 4.83. The molecule has 1 aliphatic rings. The van der Waals surface area contributed by atoms with E-state index >= 15 is 0 Å². The van der Waals surface area contributed by atoms with Gasteiger partial charge in [-0.3, -0.25) is 14.4 Å². The van der Waals surface area contributed by atoms with Gasteiger partial charge in [0.1, 0.15) is 0 Å². The predicted molar refractivity (Wildman–Crippen MR) is 120 cm³/mol. The Hall–Kier alpha value is -2.28. The smallest absolute Gasteiger partial charge is 0.248 e. The molecule has 0 bridgehead atoms. The lowest BCUT2D eigenvalue weighted by atomic mass is 10.0. The Bertz CT molecular complexity index is 1010. The fourth-order valence-corrected chi connectivity index (χ4v) is 4.28. The van der Waals surface area contributed by atoms with Gasteiger partial charge in [0.25, 0.3) is 0 Å². The van der Waals surface area contributed by atoms with Crippen molar-refractivity contribution >= 4 is 63.9 Å². The Kier molecular flexibility index (Phi) is 7.23. The molecule has 3 N–H and O–H groups in total. The topological polar surface area (TPSA) is 92.5 Å². The van der Waals surface area contributed by atoms with Crippen molar-refractivity contribution in [1.29, 1.82) is 0 Å². The molecule has 3 amide bonds. The highest BCUT2D eigenvalue weighted by molar-refractivity contribution is 6.37. The van der Waals surface area contributed by atoms with Gasteiger partial charge in [0.2, 0.25) is 17.7 Å². The van der Waals surface area contributed by atoms with Crippen molar-refractivity contribution in [2.45, 2.75) is 32.1 Å². The molecule has 0 spiro atoms. The number of carbonyl (C=O) groups is 3. The fraction of sp³-hybridized carbons (Fsp3) is 0.286. The van der Waals surface area contributed by atoms with Crippen molar-refractivity contribution in [3.05, 3.63) is 56.5 Å². The van der Waals surface area contributed by atoms with Gasteiger partial charge in [0.15, 0.2) is 0 Å². The van der Waals surface area contributed by atoms with Gasteiger partial charge in [-0.15, -0.1) is 0 Å². The Morgan fingerprint density at radius 3 is 2.50 bits per heavy atom. The molecule has 2 aromatic carbocycles. The van der Waals surface area contributed by atoms with Crippen molar-refractivity contribution < 1.29 is 14.4 Å². The normalized spacial score (nSPS) is 13.0. The van der Waals surface area contributed by atoms with Crippen LogP contribution in [-0.2, 0) is 16.0 Å². The molecule has 2 aromatic rings. The minimum Gasteiger partial charge on any atom is -0.366 e. The number of fused-ring (bicyclic) bond motifs is 1. The van der Waals surface area contributed by atoms with Crippen molar-refractivity contribution in [2.75, 3.05) is 16.8 Å². The first-order chi connectivity index (χ1) is 14.3. The van der Waals surface area contributed by atoms with Crippen LogP contribution in [0.3, 0.4) is 0 Å². The van der Waals surface area contributed by atoms with Gasteiger partial charge in [0, 0.05) is 30.0 Å². The van der Waals surface area contributed by atoms with Crippen LogP contribution in [0.15, 0.2) is 30.3 Å². The van der Waals surface area contributed by atoms with E-state index in [2.05, 4.69) is 5.32 Å². The minimum absolute atomic E-state index is 0.0863. The third-order valence-corrected chi connectivity index (χ3v) is 5.65. The first-order valence-corrected chi connectivity index (χ1v) is 10.6. The zero-order valence-corrected chi connectivity index (χ0v) is 18.3. The van der Waals surface area contributed by atoms with E-state index in [1.807, 2.05) is 6.07 Å². The molecular weight excluding hydrogens is 449 g/mol. The summed E-state index contributed by atoms with van der Waals surface area (Å²) in [5.74, 6) is -0.966. The molecule has 0 unspecified atom stereocenters. The van der Waals surface area contributed by atoms with E-state index in [4.69, 9.17) is 40.5 Å². The van der Waals surface area contributed by atoms with Crippen LogP contribution >= 0.6 is 34.8 Å².